The second-order valence-electron chi connectivity index (χ2n) is 9.71. The number of methoxy groups -OCH3 is 1. The Hall–Kier alpha value is -2.65. The minimum atomic E-state index is -3.80. The second-order valence-corrected chi connectivity index (χ2v) is 11.6. The number of nitrogens with zero attached hydrogens (tertiary/aromatic N) is 2. The number of carbonyl (C=O) groups excluding carboxylic acids is 1. The zero-order valence-electron chi connectivity index (χ0n) is 20.7. The minimum Gasteiger partial charge on any atom is -0.497 e. The molecule has 1 aliphatic heterocycles. The van der Waals surface area contributed by atoms with Crippen molar-refractivity contribution in [3.63, 3.8) is 0 Å². The van der Waals surface area contributed by atoms with Gasteiger partial charge >= 0.3 is 0 Å². The van der Waals surface area contributed by atoms with Crippen molar-refractivity contribution >= 4 is 28.1 Å². The SMILES string of the molecule is COc1ccc(C=Cc2onc(C)c2S(=O)(=O)N2CCC(C(=O)NC3CCC(C)CC3)CC2)cc1. The van der Waals surface area contributed by atoms with Crippen molar-refractivity contribution in [2.45, 2.75) is 63.3 Å². The van der Waals surface area contributed by atoms with Crippen LogP contribution in [0, 0.1) is 18.8 Å². The highest BCUT2D eigenvalue weighted by molar-refractivity contribution is 7.89. The Balaban J connectivity index is 1.40. The number of rotatable bonds is 7. The van der Waals surface area contributed by atoms with E-state index < -0.39 is 10.0 Å². The largest absolute Gasteiger partial charge is 0.497 e. The van der Waals surface area contributed by atoms with Crippen LogP contribution in [-0.4, -0.2) is 50.0 Å². The molecule has 1 amide bonds. The average Bonchev–Trinajstić information content (AvgIpc) is 3.25. The molecular formula is C26H35N3O5S. The molecule has 1 aromatic carbocycles. The van der Waals surface area contributed by atoms with Crippen LogP contribution in [0.25, 0.3) is 12.2 Å². The molecule has 1 aliphatic carbocycles. The van der Waals surface area contributed by atoms with Gasteiger partial charge in [-0.15, -0.1) is 0 Å². The Morgan fingerprint density at radius 1 is 1.09 bits per heavy atom. The van der Waals surface area contributed by atoms with Crippen LogP contribution in [0.4, 0.5) is 0 Å². The van der Waals surface area contributed by atoms with Gasteiger partial charge in [-0.2, -0.15) is 4.31 Å². The van der Waals surface area contributed by atoms with Gasteiger partial charge in [-0.3, -0.25) is 4.79 Å². The summed E-state index contributed by atoms with van der Waals surface area (Å²) in [6, 6.07) is 7.66. The summed E-state index contributed by atoms with van der Waals surface area (Å²) in [6.45, 7) is 4.49. The minimum absolute atomic E-state index is 0.0610. The van der Waals surface area contributed by atoms with Crippen molar-refractivity contribution in [3.05, 3.63) is 41.3 Å². The van der Waals surface area contributed by atoms with E-state index >= 15 is 0 Å². The molecule has 0 atom stereocenters. The first kappa shape index (κ1) is 25.4. The maximum atomic E-state index is 13.5. The van der Waals surface area contributed by atoms with Crippen molar-refractivity contribution in [3.8, 4) is 5.75 Å². The molecule has 2 aliphatic rings. The van der Waals surface area contributed by atoms with E-state index in [9.17, 15) is 13.2 Å². The molecule has 0 bridgehead atoms. The first-order valence-electron chi connectivity index (χ1n) is 12.4. The number of ether oxygens (including phenoxy) is 1. The van der Waals surface area contributed by atoms with Crippen molar-refractivity contribution in [2.24, 2.45) is 11.8 Å². The Labute approximate surface area is 207 Å². The van der Waals surface area contributed by atoms with Gasteiger partial charge in [-0.25, -0.2) is 8.42 Å². The number of carbonyl (C=O) groups is 1. The van der Waals surface area contributed by atoms with Crippen LogP contribution in [0.5, 0.6) is 5.75 Å². The molecule has 9 heteroatoms. The molecule has 2 heterocycles. The summed E-state index contributed by atoms with van der Waals surface area (Å²) >= 11 is 0. The fourth-order valence-electron chi connectivity index (χ4n) is 4.90. The van der Waals surface area contributed by atoms with E-state index in [1.54, 1.807) is 26.2 Å². The fraction of sp³-hybridized carbons (Fsp3) is 0.538. The maximum Gasteiger partial charge on any atom is 0.248 e. The molecule has 1 aromatic heterocycles. The molecule has 4 rings (SSSR count). The summed E-state index contributed by atoms with van der Waals surface area (Å²) < 4.78 is 38.9. The predicted octanol–water partition coefficient (Wildman–Crippen LogP) is 4.26. The standard InChI is InChI=1S/C26H35N3O5S/c1-18-4-9-22(10-5-18)27-26(30)21-14-16-29(17-15-21)35(31,32)25-19(2)28-34-24(25)13-8-20-6-11-23(33-3)12-7-20/h6-8,11-13,18,21-22H,4-5,9-10,14-17H2,1-3H3,(H,27,30). The summed E-state index contributed by atoms with van der Waals surface area (Å²) in [4.78, 5) is 12.9. The number of hydrogen-bond acceptors (Lipinski definition) is 6. The molecule has 2 aromatic rings. The number of aromatic nitrogens is 1. The Morgan fingerprint density at radius 3 is 2.37 bits per heavy atom. The van der Waals surface area contributed by atoms with Gasteiger partial charge < -0.3 is 14.6 Å². The van der Waals surface area contributed by atoms with Crippen LogP contribution >= 0.6 is 0 Å². The Morgan fingerprint density at radius 2 is 1.74 bits per heavy atom. The van der Waals surface area contributed by atoms with Gasteiger partial charge in [-0.1, -0.05) is 30.3 Å². The topological polar surface area (TPSA) is 102 Å². The number of hydrogen-bond donors (Lipinski definition) is 1. The molecule has 0 radical (unpaired) electrons. The van der Waals surface area contributed by atoms with E-state index in [0.29, 0.717) is 31.6 Å². The molecule has 0 unspecified atom stereocenters. The van der Waals surface area contributed by atoms with Gasteiger partial charge in [0, 0.05) is 25.0 Å². The van der Waals surface area contributed by atoms with Gasteiger partial charge in [0.1, 0.15) is 11.4 Å². The maximum absolute atomic E-state index is 13.5. The van der Waals surface area contributed by atoms with Crippen LogP contribution in [0.2, 0.25) is 0 Å². The van der Waals surface area contributed by atoms with Crippen molar-refractivity contribution in [1.82, 2.24) is 14.8 Å². The van der Waals surface area contributed by atoms with E-state index in [4.69, 9.17) is 9.26 Å². The average molecular weight is 502 g/mol. The number of piperidine rings is 1. The fourth-order valence-corrected chi connectivity index (χ4v) is 6.62. The summed E-state index contributed by atoms with van der Waals surface area (Å²) in [7, 11) is -2.20. The van der Waals surface area contributed by atoms with Crippen LogP contribution in [0.15, 0.2) is 33.7 Å². The Kier molecular flexibility index (Phi) is 7.96. The van der Waals surface area contributed by atoms with Gasteiger partial charge in [0.15, 0.2) is 10.7 Å². The van der Waals surface area contributed by atoms with E-state index in [1.165, 1.54) is 4.31 Å². The lowest BCUT2D eigenvalue weighted by Crippen LogP contribution is -2.46. The monoisotopic (exact) mass is 501 g/mol. The molecule has 1 saturated heterocycles. The van der Waals surface area contributed by atoms with Gasteiger partial charge in [-0.05, 0) is 75.1 Å². The first-order valence-corrected chi connectivity index (χ1v) is 13.8. The normalized spacial score (nSPS) is 22.4. The van der Waals surface area contributed by atoms with Gasteiger partial charge in [0.05, 0.1) is 7.11 Å². The molecule has 2 fully saturated rings. The first-order chi connectivity index (χ1) is 16.8. The molecule has 190 valence electrons. The number of benzene rings is 1. The smallest absolute Gasteiger partial charge is 0.248 e. The number of amides is 1. The van der Waals surface area contributed by atoms with E-state index in [0.717, 1.165) is 42.9 Å². The molecule has 35 heavy (non-hydrogen) atoms. The van der Waals surface area contributed by atoms with Crippen LogP contribution in [0.3, 0.4) is 0 Å². The summed E-state index contributed by atoms with van der Waals surface area (Å²) in [5.74, 6) is 1.58. The number of aryl methyl sites for hydroxylation is 1. The summed E-state index contributed by atoms with van der Waals surface area (Å²) in [5.41, 5.74) is 1.20. The van der Waals surface area contributed by atoms with Gasteiger partial charge in [0.25, 0.3) is 0 Å². The summed E-state index contributed by atoms with van der Waals surface area (Å²) in [6.07, 6.45) is 8.77. The molecular weight excluding hydrogens is 466 g/mol. The highest BCUT2D eigenvalue weighted by Gasteiger charge is 2.36. The third kappa shape index (κ3) is 5.95. The number of sulfonamides is 1. The highest BCUT2D eigenvalue weighted by Crippen LogP contribution is 2.30. The predicted molar refractivity (Wildman–Crippen MR) is 134 cm³/mol. The molecule has 0 spiro atoms. The van der Waals surface area contributed by atoms with Crippen molar-refractivity contribution in [2.75, 3.05) is 20.2 Å². The summed E-state index contributed by atoms with van der Waals surface area (Å²) in [5, 5.41) is 7.11. The van der Waals surface area contributed by atoms with Gasteiger partial charge in [0.2, 0.25) is 15.9 Å². The zero-order chi connectivity index (χ0) is 25.0. The van der Waals surface area contributed by atoms with E-state index in [1.807, 2.05) is 24.3 Å². The van der Waals surface area contributed by atoms with Crippen molar-refractivity contribution in [1.29, 1.82) is 0 Å². The molecule has 1 N–H and O–H groups in total. The van der Waals surface area contributed by atoms with E-state index in [2.05, 4.69) is 17.4 Å². The third-order valence-electron chi connectivity index (χ3n) is 7.16. The van der Waals surface area contributed by atoms with E-state index in [-0.39, 0.29) is 28.5 Å². The van der Waals surface area contributed by atoms with Crippen molar-refractivity contribution < 1.29 is 22.5 Å². The molecule has 1 saturated carbocycles. The third-order valence-corrected chi connectivity index (χ3v) is 9.22. The lowest BCUT2D eigenvalue weighted by Gasteiger charge is -2.32. The lowest BCUT2D eigenvalue weighted by molar-refractivity contribution is -0.127. The lowest BCUT2D eigenvalue weighted by atomic mass is 9.87. The highest BCUT2D eigenvalue weighted by atomic mass is 32.2. The zero-order valence-corrected chi connectivity index (χ0v) is 21.5. The second kappa shape index (κ2) is 11.0. The van der Waals surface area contributed by atoms with Crippen LogP contribution in [0.1, 0.15) is 62.5 Å². The van der Waals surface area contributed by atoms with Crippen LogP contribution < -0.4 is 10.1 Å². The number of nitrogens with one attached hydrogen (secondary N) is 1. The molecule has 8 nitrogen and oxygen atoms in total. The van der Waals surface area contributed by atoms with Crippen LogP contribution in [-0.2, 0) is 14.8 Å². The Bertz CT molecular complexity index is 1140. The quantitative estimate of drug-likeness (QED) is 0.608.